The van der Waals surface area contributed by atoms with Crippen molar-refractivity contribution in [2.75, 3.05) is 12.8 Å². The van der Waals surface area contributed by atoms with E-state index in [0.29, 0.717) is 17.6 Å². The van der Waals surface area contributed by atoms with Gasteiger partial charge in [-0.1, -0.05) is 13.0 Å². The highest BCUT2D eigenvalue weighted by atomic mass is 79.9. The summed E-state index contributed by atoms with van der Waals surface area (Å²) in [5.74, 6) is 0. The molecule has 0 aromatic heterocycles. The Morgan fingerprint density at radius 2 is 2.11 bits per heavy atom. The summed E-state index contributed by atoms with van der Waals surface area (Å²) < 4.78 is 27.8. The third-order valence-electron chi connectivity index (χ3n) is 2.77. The molecule has 0 aliphatic heterocycles. The van der Waals surface area contributed by atoms with Crippen LogP contribution in [0.2, 0.25) is 0 Å². The molecule has 108 valence electrons. The molecule has 3 N–H and O–H groups in total. The molecular weight excluding hydrogens is 348 g/mol. The lowest BCUT2D eigenvalue weighted by molar-refractivity contribution is 0.580. The summed E-state index contributed by atoms with van der Waals surface area (Å²) >= 11 is 4.96. The minimum Gasteiger partial charge on any atom is -0.326 e. The van der Waals surface area contributed by atoms with Gasteiger partial charge in [0.1, 0.15) is 0 Å². The lowest BCUT2D eigenvalue weighted by Crippen LogP contribution is -2.30. The highest BCUT2D eigenvalue weighted by Crippen LogP contribution is 2.27. The van der Waals surface area contributed by atoms with Gasteiger partial charge >= 0.3 is 0 Å². The summed E-state index contributed by atoms with van der Waals surface area (Å²) in [6.07, 6.45) is 1.95. The molecular formula is C12H19BrN2O2S2. The second kappa shape index (κ2) is 7.08. The zero-order chi connectivity index (χ0) is 14.6. The summed E-state index contributed by atoms with van der Waals surface area (Å²) in [6, 6.07) is 3.50. The van der Waals surface area contributed by atoms with E-state index in [-0.39, 0.29) is 10.1 Å². The Balaban J connectivity index is 3.10. The fourth-order valence-electron chi connectivity index (χ4n) is 1.51. The van der Waals surface area contributed by atoms with Crippen LogP contribution in [0.15, 0.2) is 21.5 Å². The highest BCUT2D eigenvalue weighted by molar-refractivity contribution is 9.10. The van der Waals surface area contributed by atoms with Crippen molar-refractivity contribution in [1.82, 2.24) is 4.72 Å². The normalized spacial score (nSPS) is 13.5. The standard InChI is InChI=1S/C12H19BrN2O2S2/c1-8-4-10(6-14)5-11(12(8)13)19(16,17)15-7-9(2)18-3/h4-5,9,15H,6-7,14H2,1-3H3. The zero-order valence-electron chi connectivity index (χ0n) is 11.2. The number of aryl methyl sites for hydroxylation is 1. The third-order valence-corrected chi connectivity index (χ3v) is 6.50. The number of nitrogens with one attached hydrogen (secondary N) is 1. The first-order valence-corrected chi connectivity index (χ1v) is 9.39. The first kappa shape index (κ1) is 17.0. The molecule has 1 aromatic carbocycles. The van der Waals surface area contributed by atoms with Crippen LogP contribution in [0.5, 0.6) is 0 Å². The van der Waals surface area contributed by atoms with Crippen molar-refractivity contribution in [1.29, 1.82) is 0 Å². The lowest BCUT2D eigenvalue weighted by Gasteiger charge is -2.14. The minimum absolute atomic E-state index is 0.229. The first-order chi connectivity index (χ1) is 8.81. The van der Waals surface area contributed by atoms with Gasteiger partial charge in [-0.3, -0.25) is 0 Å². The van der Waals surface area contributed by atoms with Gasteiger partial charge in [0.05, 0.1) is 4.90 Å². The number of thioether (sulfide) groups is 1. The van der Waals surface area contributed by atoms with E-state index in [4.69, 9.17) is 5.73 Å². The van der Waals surface area contributed by atoms with Crippen molar-refractivity contribution in [3.05, 3.63) is 27.7 Å². The van der Waals surface area contributed by atoms with E-state index in [9.17, 15) is 8.42 Å². The molecule has 0 fully saturated rings. The van der Waals surface area contributed by atoms with Gasteiger partial charge in [0, 0.05) is 22.8 Å². The van der Waals surface area contributed by atoms with E-state index in [0.717, 1.165) is 11.1 Å². The molecule has 0 amide bonds. The molecule has 0 heterocycles. The topological polar surface area (TPSA) is 72.2 Å². The number of nitrogens with two attached hydrogens (primary N) is 1. The van der Waals surface area contributed by atoms with Crippen LogP contribution in [0.4, 0.5) is 0 Å². The monoisotopic (exact) mass is 366 g/mol. The Morgan fingerprint density at radius 1 is 1.47 bits per heavy atom. The minimum atomic E-state index is -3.52. The van der Waals surface area contributed by atoms with Gasteiger partial charge in [-0.15, -0.1) is 0 Å². The zero-order valence-corrected chi connectivity index (χ0v) is 14.5. The summed E-state index contributed by atoms with van der Waals surface area (Å²) in [5.41, 5.74) is 7.26. The largest absolute Gasteiger partial charge is 0.326 e. The molecule has 1 unspecified atom stereocenters. The van der Waals surface area contributed by atoms with E-state index < -0.39 is 10.0 Å². The number of benzene rings is 1. The average molecular weight is 367 g/mol. The van der Waals surface area contributed by atoms with Gasteiger partial charge in [-0.2, -0.15) is 11.8 Å². The van der Waals surface area contributed by atoms with E-state index in [1.807, 2.05) is 26.2 Å². The summed E-state index contributed by atoms with van der Waals surface area (Å²) in [5, 5.41) is 0.229. The van der Waals surface area contributed by atoms with Crippen LogP contribution in [0.25, 0.3) is 0 Å². The maximum atomic E-state index is 12.3. The highest BCUT2D eigenvalue weighted by Gasteiger charge is 2.20. The fourth-order valence-corrected chi connectivity index (χ4v) is 4.06. The molecule has 19 heavy (non-hydrogen) atoms. The van der Waals surface area contributed by atoms with Crippen molar-refractivity contribution >= 4 is 37.7 Å². The van der Waals surface area contributed by atoms with Crippen LogP contribution in [-0.2, 0) is 16.6 Å². The molecule has 0 saturated carbocycles. The third kappa shape index (κ3) is 4.46. The molecule has 0 aliphatic rings. The molecule has 1 rings (SSSR count). The van der Waals surface area contributed by atoms with Crippen LogP contribution in [-0.4, -0.2) is 26.5 Å². The molecule has 1 aromatic rings. The smallest absolute Gasteiger partial charge is 0.241 e. The molecule has 0 bridgehead atoms. The van der Waals surface area contributed by atoms with Crippen LogP contribution in [0.3, 0.4) is 0 Å². The van der Waals surface area contributed by atoms with Gasteiger partial charge in [0.15, 0.2) is 0 Å². The van der Waals surface area contributed by atoms with Crippen molar-refractivity contribution in [3.8, 4) is 0 Å². The van der Waals surface area contributed by atoms with Gasteiger partial charge in [0.25, 0.3) is 0 Å². The van der Waals surface area contributed by atoms with Crippen molar-refractivity contribution in [2.45, 2.75) is 30.5 Å². The summed E-state index contributed by atoms with van der Waals surface area (Å²) in [6.45, 7) is 4.55. The van der Waals surface area contributed by atoms with Crippen LogP contribution < -0.4 is 10.5 Å². The van der Waals surface area contributed by atoms with Gasteiger partial charge in [0.2, 0.25) is 10.0 Å². The number of hydrogen-bond donors (Lipinski definition) is 2. The maximum Gasteiger partial charge on any atom is 0.241 e. The van der Waals surface area contributed by atoms with Crippen LogP contribution in [0.1, 0.15) is 18.1 Å². The maximum absolute atomic E-state index is 12.3. The van der Waals surface area contributed by atoms with E-state index in [1.54, 1.807) is 17.8 Å². The molecule has 0 radical (unpaired) electrons. The average Bonchev–Trinajstić information content (AvgIpc) is 2.38. The molecule has 4 nitrogen and oxygen atoms in total. The number of hydrogen-bond acceptors (Lipinski definition) is 4. The molecule has 1 atom stereocenters. The van der Waals surface area contributed by atoms with Crippen molar-refractivity contribution < 1.29 is 8.42 Å². The Hall–Kier alpha value is -0.0800. The molecule has 0 spiro atoms. The number of rotatable bonds is 6. The van der Waals surface area contributed by atoms with Gasteiger partial charge in [-0.25, -0.2) is 13.1 Å². The van der Waals surface area contributed by atoms with Gasteiger partial charge < -0.3 is 5.73 Å². The Labute approximate surface area is 127 Å². The second-order valence-electron chi connectivity index (χ2n) is 4.33. The predicted octanol–water partition coefficient (Wildman–Crippen LogP) is 2.25. The summed E-state index contributed by atoms with van der Waals surface area (Å²) in [4.78, 5) is 0.251. The van der Waals surface area contributed by atoms with Crippen molar-refractivity contribution in [3.63, 3.8) is 0 Å². The molecule has 7 heteroatoms. The predicted molar refractivity (Wildman–Crippen MR) is 84.9 cm³/mol. The fraction of sp³-hybridized carbons (Fsp3) is 0.500. The van der Waals surface area contributed by atoms with Crippen LogP contribution in [0, 0.1) is 6.92 Å². The Kier molecular flexibility index (Phi) is 6.32. The van der Waals surface area contributed by atoms with E-state index in [2.05, 4.69) is 20.7 Å². The Morgan fingerprint density at radius 3 is 2.63 bits per heavy atom. The van der Waals surface area contributed by atoms with Crippen LogP contribution >= 0.6 is 27.7 Å². The van der Waals surface area contributed by atoms with E-state index >= 15 is 0 Å². The van der Waals surface area contributed by atoms with Gasteiger partial charge in [-0.05, 0) is 46.3 Å². The first-order valence-electron chi connectivity index (χ1n) is 5.83. The second-order valence-corrected chi connectivity index (χ2v) is 8.13. The molecule has 0 aliphatic carbocycles. The lowest BCUT2D eigenvalue weighted by atomic mass is 10.1. The van der Waals surface area contributed by atoms with Crippen molar-refractivity contribution in [2.24, 2.45) is 5.73 Å². The summed E-state index contributed by atoms with van der Waals surface area (Å²) in [7, 11) is -3.52. The molecule has 0 saturated heterocycles. The Bertz CT molecular complexity index is 547. The number of sulfonamides is 1. The SMILES string of the molecule is CSC(C)CNS(=O)(=O)c1cc(CN)cc(C)c1Br. The number of halogens is 1. The van der Waals surface area contributed by atoms with E-state index in [1.165, 1.54) is 0 Å². The quantitative estimate of drug-likeness (QED) is 0.809.